The average molecular weight is 343 g/mol. The van der Waals surface area contributed by atoms with Crippen molar-refractivity contribution in [3.8, 4) is 0 Å². The molecule has 0 spiro atoms. The Morgan fingerprint density at radius 3 is 2.46 bits per heavy atom. The van der Waals surface area contributed by atoms with E-state index in [2.05, 4.69) is 5.32 Å². The van der Waals surface area contributed by atoms with Gasteiger partial charge in [0.1, 0.15) is 6.04 Å². The molecule has 1 aromatic carbocycles. The fourth-order valence-electron chi connectivity index (χ4n) is 2.96. The molecule has 1 amide bonds. The molecule has 7 heteroatoms. The maximum atomic E-state index is 12.7. The Kier molecular flexibility index (Phi) is 5.85. The fourth-order valence-corrected chi connectivity index (χ4v) is 2.96. The highest BCUT2D eigenvalue weighted by atomic mass is 19.4. The first kappa shape index (κ1) is 18.3. The number of alkyl halides is 3. The smallest absolute Gasteiger partial charge is 0.416 e. The van der Waals surface area contributed by atoms with Gasteiger partial charge >= 0.3 is 12.1 Å². The largest absolute Gasteiger partial charge is 0.480 e. The van der Waals surface area contributed by atoms with Crippen LogP contribution >= 0.6 is 0 Å². The summed E-state index contributed by atoms with van der Waals surface area (Å²) in [6.45, 7) is 0. The second-order valence-electron chi connectivity index (χ2n) is 6.14. The zero-order valence-corrected chi connectivity index (χ0v) is 13.1. The third kappa shape index (κ3) is 4.97. The van der Waals surface area contributed by atoms with E-state index >= 15 is 0 Å². The third-order valence-electron chi connectivity index (χ3n) is 4.28. The lowest BCUT2D eigenvalue weighted by Crippen LogP contribution is -2.45. The van der Waals surface area contributed by atoms with Gasteiger partial charge in [-0.2, -0.15) is 13.2 Å². The minimum atomic E-state index is -4.49. The van der Waals surface area contributed by atoms with Crippen molar-refractivity contribution in [2.45, 2.75) is 50.7 Å². The van der Waals surface area contributed by atoms with Crippen molar-refractivity contribution in [3.05, 3.63) is 35.4 Å². The molecule has 0 radical (unpaired) electrons. The molecule has 1 unspecified atom stereocenters. The van der Waals surface area contributed by atoms with Crippen molar-refractivity contribution in [1.82, 2.24) is 5.32 Å². The van der Waals surface area contributed by atoms with Crippen molar-refractivity contribution < 1.29 is 27.9 Å². The van der Waals surface area contributed by atoms with E-state index < -0.39 is 23.8 Å². The molecule has 132 valence electrons. The van der Waals surface area contributed by atoms with Crippen molar-refractivity contribution in [3.63, 3.8) is 0 Å². The molecular formula is C17H20F3NO3. The standard InChI is InChI=1S/C17H20F3NO3/c18-17(19,20)13-8-4-5-11(9-13)10-14(16(23)24)21-15(22)12-6-2-1-3-7-12/h4-5,8-9,12,14H,1-3,6-7,10H2,(H,21,22)(H,23,24). The van der Waals surface area contributed by atoms with Crippen LogP contribution in [0.4, 0.5) is 13.2 Å². The van der Waals surface area contributed by atoms with Crippen molar-refractivity contribution in [1.29, 1.82) is 0 Å². The van der Waals surface area contributed by atoms with Gasteiger partial charge in [-0.15, -0.1) is 0 Å². The predicted molar refractivity (Wildman–Crippen MR) is 81.3 cm³/mol. The Hall–Kier alpha value is -2.05. The average Bonchev–Trinajstić information content (AvgIpc) is 2.54. The van der Waals surface area contributed by atoms with Gasteiger partial charge in [-0.05, 0) is 24.5 Å². The van der Waals surface area contributed by atoms with E-state index in [0.29, 0.717) is 0 Å². The highest BCUT2D eigenvalue weighted by molar-refractivity contribution is 5.85. The SMILES string of the molecule is O=C(NC(Cc1cccc(C(F)(F)F)c1)C(=O)O)C1CCCCC1. The number of aliphatic carboxylic acids is 1. The second kappa shape index (κ2) is 7.68. The maximum absolute atomic E-state index is 12.7. The molecule has 2 N–H and O–H groups in total. The van der Waals surface area contributed by atoms with Crippen LogP contribution in [0.3, 0.4) is 0 Å². The van der Waals surface area contributed by atoms with Gasteiger partial charge in [0.15, 0.2) is 0 Å². The van der Waals surface area contributed by atoms with Crippen LogP contribution < -0.4 is 5.32 Å². The van der Waals surface area contributed by atoms with Gasteiger partial charge in [0.25, 0.3) is 0 Å². The quantitative estimate of drug-likeness (QED) is 0.861. The Labute approximate surface area is 138 Å². The molecular weight excluding hydrogens is 323 g/mol. The van der Waals surface area contributed by atoms with Gasteiger partial charge < -0.3 is 10.4 Å². The summed E-state index contributed by atoms with van der Waals surface area (Å²) >= 11 is 0. The van der Waals surface area contributed by atoms with E-state index in [4.69, 9.17) is 0 Å². The lowest BCUT2D eigenvalue weighted by Gasteiger charge is -2.23. The Balaban J connectivity index is 2.06. The van der Waals surface area contributed by atoms with Crippen LogP contribution in [0, 0.1) is 5.92 Å². The number of hydrogen-bond acceptors (Lipinski definition) is 2. The first-order chi connectivity index (χ1) is 11.3. The summed E-state index contributed by atoms with van der Waals surface area (Å²) in [5.74, 6) is -1.78. The van der Waals surface area contributed by atoms with E-state index in [-0.39, 0.29) is 23.8 Å². The molecule has 4 nitrogen and oxygen atoms in total. The number of halogens is 3. The summed E-state index contributed by atoms with van der Waals surface area (Å²) < 4.78 is 38.2. The van der Waals surface area contributed by atoms with E-state index in [1.54, 1.807) is 0 Å². The van der Waals surface area contributed by atoms with Crippen LogP contribution in [0.15, 0.2) is 24.3 Å². The van der Waals surface area contributed by atoms with Crippen molar-refractivity contribution >= 4 is 11.9 Å². The van der Waals surface area contributed by atoms with E-state index in [1.807, 2.05) is 0 Å². The van der Waals surface area contributed by atoms with Crippen LogP contribution in [-0.4, -0.2) is 23.0 Å². The molecule has 1 aromatic rings. The molecule has 2 rings (SSSR count). The number of nitrogens with one attached hydrogen (secondary N) is 1. The Morgan fingerprint density at radius 1 is 1.21 bits per heavy atom. The van der Waals surface area contributed by atoms with E-state index in [9.17, 15) is 27.9 Å². The number of carboxylic acids is 1. The van der Waals surface area contributed by atoms with Gasteiger partial charge in [0, 0.05) is 12.3 Å². The first-order valence-corrected chi connectivity index (χ1v) is 7.96. The Bertz CT molecular complexity index is 595. The molecule has 1 saturated carbocycles. The molecule has 1 aliphatic carbocycles. The van der Waals surface area contributed by atoms with Gasteiger partial charge in [-0.25, -0.2) is 4.79 Å². The maximum Gasteiger partial charge on any atom is 0.416 e. The first-order valence-electron chi connectivity index (χ1n) is 7.96. The van der Waals surface area contributed by atoms with Crippen LogP contribution in [0.2, 0.25) is 0 Å². The molecule has 0 saturated heterocycles. The summed E-state index contributed by atoms with van der Waals surface area (Å²) in [5.41, 5.74) is -0.607. The number of hydrogen-bond donors (Lipinski definition) is 2. The number of carboxylic acid groups (broad SMARTS) is 1. The van der Waals surface area contributed by atoms with Crippen LogP contribution in [0.1, 0.15) is 43.2 Å². The minimum Gasteiger partial charge on any atom is -0.480 e. The molecule has 24 heavy (non-hydrogen) atoms. The van der Waals surface area contributed by atoms with Crippen LogP contribution in [0.25, 0.3) is 0 Å². The van der Waals surface area contributed by atoms with Crippen molar-refractivity contribution in [2.24, 2.45) is 5.92 Å². The summed E-state index contributed by atoms with van der Waals surface area (Å²) in [4.78, 5) is 23.5. The van der Waals surface area contributed by atoms with Crippen molar-refractivity contribution in [2.75, 3.05) is 0 Å². The van der Waals surface area contributed by atoms with Gasteiger partial charge in [-0.3, -0.25) is 4.79 Å². The molecule has 0 bridgehead atoms. The van der Waals surface area contributed by atoms with Crippen LogP contribution in [-0.2, 0) is 22.2 Å². The molecule has 1 atom stereocenters. The molecule has 1 aliphatic rings. The second-order valence-corrected chi connectivity index (χ2v) is 6.14. The highest BCUT2D eigenvalue weighted by Crippen LogP contribution is 2.30. The summed E-state index contributed by atoms with van der Waals surface area (Å²) in [7, 11) is 0. The monoisotopic (exact) mass is 343 g/mol. The number of benzene rings is 1. The van der Waals surface area contributed by atoms with Gasteiger partial charge in [0.05, 0.1) is 5.56 Å². The minimum absolute atomic E-state index is 0.183. The zero-order chi connectivity index (χ0) is 17.7. The molecule has 1 fully saturated rings. The lowest BCUT2D eigenvalue weighted by molar-refractivity contribution is -0.142. The van der Waals surface area contributed by atoms with Crippen LogP contribution in [0.5, 0.6) is 0 Å². The molecule has 0 aliphatic heterocycles. The normalized spacial score (nSPS) is 17.3. The zero-order valence-electron chi connectivity index (χ0n) is 13.1. The summed E-state index contributed by atoms with van der Waals surface area (Å²) in [6, 6.07) is 3.28. The number of carbonyl (C=O) groups is 2. The summed E-state index contributed by atoms with van der Waals surface area (Å²) in [6.07, 6.45) is -0.287. The number of rotatable bonds is 5. The van der Waals surface area contributed by atoms with E-state index in [0.717, 1.165) is 44.2 Å². The van der Waals surface area contributed by atoms with Gasteiger partial charge in [-0.1, -0.05) is 37.5 Å². The summed E-state index contributed by atoms with van der Waals surface area (Å²) in [5, 5.41) is 11.7. The Morgan fingerprint density at radius 2 is 1.88 bits per heavy atom. The topological polar surface area (TPSA) is 66.4 Å². The molecule has 0 heterocycles. The highest BCUT2D eigenvalue weighted by Gasteiger charge is 2.31. The van der Waals surface area contributed by atoms with Gasteiger partial charge in [0.2, 0.25) is 5.91 Å². The molecule has 0 aromatic heterocycles. The number of carbonyl (C=O) groups excluding carboxylic acids is 1. The number of amides is 1. The van der Waals surface area contributed by atoms with E-state index in [1.165, 1.54) is 12.1 Å². The third-order valence-corrected chi connectivity index (χ3v) is 4.28. The lowest BCUT2D eigenvalue weighted by atomic mass is 9.88. The predicted octanol–water partition coefficient (Wildman–Crippen LogP) is 3.40. The fraction of sp³-hybridized carbons (Fsp3) is 0.529.